The maximum absolute atomic E-state index is 15.1. The Bertz CT molecular complexity index is 1240. The summed E-state index contributed by atoms with van der Waals surface area (Å²) in [6, 6.07) is 14.9. The van der Waals surface area contributed by atoms with Crippen LogP contribution in [-0.4, -0.2) is 46.8 Å². The van der Waals surface area contributed by atoms with Gasteiger partial charge in [0.1, 0.15) is 11.9 Å². The lowest BCUT2D eigenvalue weighted by Crippen LogP contribution is -2.26. The molecule has 2 saturated heterocycles. The number of ether oxygens (including phenoxy) is 1. The summed E-state index contributed by atoms with van der Waals surface area (Å²) in [6.07, 6.45) is 2.35. The van der Waals surface area contributed by atoms with Gasteiger partial charge in [0.2, 0.25) is 0 Å². The first-order valence-corrected chi connectivity index (χ1v) is 10.9. The largest absolute Gasteiger partial charge is 0.442 e. The number of halogens is 1. The summed E-state index contributed by atoms with van der Waals surface area (Å²) in [5.41, 5.74) is 2.21. The van der Waals surface area contributed by atoms with E-state index in [1.165, 1.54) is 11.0 Å². The van der Waals surface area contributed by atoms with Crippen molar-refractivity contribution >= 4 is 11.8 Å². The molecule has 1 amide bonds. The van der Waals surface area contributed by atoms with Gasteiger partial charge < -0.3 is 10.1 Å². The van der Waals surface area contributed by atoms with Crippen molar-refractivity contribution in [1.82, 2.24) is 20.3 Å². The van der Waals surface area contributed by atoms with Gasteiger partial charge in [0.25, 0.3) is 0 Å². The Hall–Kier alpha value is -3.77. The minimum Gasteiger partial charge on any atom is -0.442 e. The minimum absolute atomic E-state index is 0.305. The molecule has 1 aromatic heterocycles. The van der Waals surface area contributed by atoms with Gasteiger partial charge in [-0.2, -0.15) is 5.26 Å². The van der Waals surface area contributed by atoms with Crippen molar-refractivity contribution in [3.8, 4) is 17.2 Å². The van der Waals surface area contributed by atoms with Crippen LogP contribution in [0.4, 0.5) is 14.9 Å². The number of carbonyl (C=O) groups excluding carboxylic acids is 1. The highest BCUT2D eigenvalue weighted by Crippen LogP contribution is 2.61. The molecule has 6 rings (SSSR count). The molecule has 0 bridgehead atoms. The number of amides is 1. The van der Waals surface area contributed by atoms with Crippen molar-refractivity contribution in [2.75, 3.05) is 24.5 Å². The Balaban J connectivity index is 1.20. The zero-order chi connectivity index (χ0) is 22.6. The number of rotatable bonds is 5. The minimum atomic E-state index is -0.511. The molecule has 8 nitrogen and oxygen atoms in total. The third-order valence-electron chi connectivity index (χ3n) is 7.13. The summed E-state index contributed by atoms with van der Waals surface area (Å²) in [5.74, 6) is 0.297. The molecule has 9 heteroatoms. The molecule has 2 aliphatic heterocycles. The third-order valence-corrected chi connectivity index (χ3v) is 7.13. The fraction of sp³-hybridized carbons (Fsp3) is 0.333. The van der Waals surface area contributed by atoms with E-state index in [4.69, 9.17) is 4.74 Å². The van der Waals surface area contributed by atoms with E-state index in [1.807, 2.05) is 24.3 Å². The summed E-state index contributed by atoms with van der Waals surface area (Å²) in [7, 11) is 0. The van der Waals surface area contributed by atoms with Crippen molar-refractivity contribution in [2.45, 2.75) is 18.1 Å². The average molecular weight is 444 g/mol. The quantitative estimate of drug-likeness (QED) is 0.650. The highest BCUT2D eigenvalue weighted by atomic mass is 19.1. The molecule has 1 saturated carbocycles. The summed E-state index contributed by atoms with van der Waals surface area (Å²) >= 11 is 0. The van der Waals surface area contributed by atoms with E-state index < -0.39 is 17.3 Å². The topological polar surface area (TPSA) is 96.1 Å². The first-order valence-electron chi connectivity index (χ1n) is 10.9. The van der Waals surface area contributed by atoms with Crippen LogP contribution in [0.3, 0.4) is 0 Å². The lowest BCUT2D eigenvalue weighted by molar-refractivity contribution is 0.129. The third kappa shape index (κ3) is 3.09. The van der Waals surface area contributed by atoms with Crippen LogP contribution in [0.25, 0.3) is 11.1 Å². The van der Waals surface area contributed by atoms with Crippen molar-refractivity contribution in [3.63, 3.8) is 0 Å². The fourth-order valence-electron chi connectivity index (χ4n) is 5.40. The second-order valence-corrected chi connectivity index (χ2v) is 8.84. The average Bonchev–Trinajstić information content (AvgIpc) is 3.35. The van der Waals surface area contributed by atoms with Crippen LogP contribution in [0.1, 0.15) is 5.56 Å². The smallest absolute Gasteiger partial charge is 0.414 e. The Morgan fingerprint density at radius 1 is 1.21 bits per heavy atom. The highest BCUT2D eigenvalue weighted by molar-refractivity contribution is 5.90. The van der Waals surface area contributed by atoms with Gasteiger partial charge in [-0.1, -0.05) is 29.5 Å². The molecule has 2 aromatic carbocycles. The van der Waals surface area contributed by atoms with E-state index in [2.05, 4.69) is 21.7 Å². The van der Waals surface area contributed by atoms with E-state index >= 15 is 4.39 Å². The lowest BCUT2D eigenvalue weighted by Gasteiger charge is -2.16. The first kappa shape index (κ1) is 19.9. The second-order valence-electron chi connectivity index (χ2n) is 8.84. The van der Waals surface area contributed by atoms with Crippen LogP contribution in [0.15, 0.2) is 54.9 Å². The molecule has 0 spiro atoms. The molecule has 3 aliphatic rings. The number of hydrogen-bond acceptors (Lipinski definition) is 6. The fourth-order valence-corrected chi connectivity index (χ4v) is 5.40. The SMILES string of the molecule is N#CC1(c2ccc(-c3ccc(N4C[C@H](Cn5ccnn5)OC4=O)cc3F)cc2)C2CNCC21. The van der Waals surface area contributed by atoms with Crippen molar-refractivity contribution < 1.29 is 13.9 Å². The maximum Gasteiger partial charge on any atom is 0.414 e. The Morgan fingerprint density at radius 2 is 2.00 bits per heavy atom. The van der Waals surface area contributed by atoms with Crippen molar-refractivity contribution in [3.05, 3.63) is 66.2 Å². The number of piperidine rings is 1. The zero-order valence-corrected chi connectivity index (χ0v) is 17.7. The number of benzene rings is 2. The van der Waals surface area contributed by atoms with Gasteiger partial charge in [-0.15, -0.1) is 5.10 Å². The van der Waals surface area contributed by atoms with E-state index in [9.17, 15) is 10.1 Å². The lowest BCUT2D eigenvalue weighted by atomic mass is 9.90. The number of nitriles is 1. The second kappa shape index (κ2) is 7.39. The van der Waals surface area contributed by atoms with Crippen LogP contribution in [0.5, 0.6) is 0 Å². The number of nitrogens with one attached hydrogen (secondary N) is 1. The number of anilines is 1. The molecular weight excluding hydrogens is 423 g/mol. The van der Waals surface area contributed by atoms with Crippen LogP contribution in [0, 0.1) is 29.0 Å². The van der Waals surface area contributed by atoms with E-state index in [-0.39, 0.29) is 6.10 Å². The van der Waals surface area contributed by atoms with Crippen LogP contribution in [-0.2, 0) is 16.7 Å². The van der Waals surface area contributed by atoms with Crippen LogP contribution >= 0.6 is 0 Å². The Kier molecular flexibility index (Phi) is 4.45. The molecule has 1 aliphatic carbocycles. The molecule has 1 N–H and O–H groups in total. The summed E-state index contributed by atoms with van der Waals surface area (Å²) in [5, 5.41) is 20.8. The van der Waals surface area contributed by atoms with E-state index in [0.29, 0.717) is 36.2 Å². The van der Waals surface area contributed by atoms with Gasteiger partial charge >= 0.3 is 6.09 Å². The van der Waals surface area contributed by atoms with Crippen LogP contribution in [0.2, 0.25) is 0 Å². The van der Waals surface area contributed by atoms with Gasteiger partial charge in [-0.05, 0) is 29.3 Å². The molecular formula is C24H21FN6O2. The Labute approximate surface area is 189 Å². The number of cyclic esters (lactones) is 1. The van der Waals surface area contributed by atoms with Gasteiger partial charge in [0, 0.05) is 36.7 Å². The predicted molar refractivity (Wildman–Crippen MR) is 117 cm³/mol. The standard InChI is InChI=1S/C24H21FN6O2/c25-22-9-17(31-13-18(33-23(31)32)12-30-8-7-28-29-30)5-6-19(22)15-1-3-16(4-2-15)24(14-26)20-10-27-11-21(20)24/h1-9,18,20-21,27H,10-13H2/t18-,20?,21?,24?/m0/s1. The van der Waals surface area contributed by atoms with Crippen LogP contribution < -0.4 is 10.2 Å². The van der Waals surface area contributed by atoms with E-state index in [0.717, 1.165) is 24.2 Å². The highest BCUT2D eigenvalue weighted by Gasteiger charge is 2.68. The van der Waals surface area contributed by atoms with Gasteiger partial charge in [0.15, 0.2) is 0 Å². The molecule has 0 radical (unpaired) electrons. The number of aromatic nitrogens is 3. The monoisotopic (exact) mass is 444 g/mol. The molecule has 2 unspecified atom stereocenters. The van der Waals surface area contributed by atoms with Gasteiger partial charge in [-0.25, -0.2) is 13.9 Å². The summed E-state index contributed by atoms with van der Waals surface area (Å²) < 4.78 is 22.0. The molecule has 33 heavy (non-hydrogen) atoms. The summed E-state index contributed by atoms with van der Waals surface area (Å²) in [6.45, 7) is 2.43. The molecule has 3 atom stereocenters. The normalized spacial score (nSPS) is 27.8. The Morgan fingerprint density at radius 3 is 2.67 bits per heavy atom. The maximum atomic E-state index is 15.1. The summed E-state index contributed by atoms with van der Waals surface area (Å²) in [4.78, 5) is 13.8. The predicted octanol–water partition coefficient (Wildman–Crippen LogP) is 2.72. The van der Waals surface area contributed by atoms with E-state index in [1.54, 1.807) is 29.2 Å². The first-order chi connectivity index (χ1) is 16.1. The van der Waals surface area contributed by atoms with Crippen molar-refractivity contribution in [2.24, 2.45) is 11.8 Å². The molecule has 3 fully saturated rings. The van der Waals surface area contributed by atoms with Gasteiger partial charge in [-0.3, -0.25) is 4.90 Å². The molecule has 3 heterocycles. The molecule has 3 aromatic rings. The zero-order valence-electron chi connectivity index (χ0n) is 17.7. The molecule has 166 valence electrons. The number of nitrogens with zero attached hydrogens (tertiary/aromatic N) is 5. The number of carbonyl (C=O) groups is 1. The van der Waals surface area contributed by atoms with Gasteiger partial charge in [0.05, 0.1) is 36.5 Å². The van der Waals surface area contributed by atoms with Crippen molar-refractivity contribution in [1.29, 1.82) is 5.26 Å². The number of fused-ring (bicyclic) bond motifs is 1. The number of hydrogen-bond donors (Lipinski definition) is 1.